The second-order valence-electron chi connectivity index (χ2n) is 5.30. The number of aryl methyl sites for hydroxylation is 1. The van der Waals surface area contributed by atoms with E-state index in [0.717, 1.165) is 12.1 Å². The van der Waals surface area contributed by atoms with Crippen molar-refractivity contribution >= 4 is 5.97 Å². The lowest BCUT2D eigenvalue weighted by molar-refractivity contribution is 0.0696. The molecule has 1 aromatic carbocycles. The molecule has 1 aromatic rings. The van der Waals surface area contributed by atoms with Crippen molar-refractivity contribution in [2.75, 3.05) is 7.05 Å². The highest BCUT2D eigenvalue weighted by molar-refractivity contribution is 5.87. The number of hydrogen-bond donors (Lipinski definition) is 1. The van der Waals surface area contributed by atoms with Crippen molar-refractivity contribution in [3.05, 3.63) is 34.9 Å². The van der Waals surface area contributed by atoms with E-state index in [9.17, 15) is 4.79 Å². The summed E-state index contributed by atoms with van der Waals surface area (Å²) < 4.78 is 0. The molecule has 1 N–H and O–H groups in total. The fourth-order valence-corrected chi connectivity index (χ4v) is 2.75. The largest absolute Gasteiger partial charge is 0.478 e. The summed E-state index contributed by atoms with van der Waals surface area (Å²) in [5.74, 6) is -0.853. The Morgan fingerprint density at radius 2 is 2.06 bits per heavy atom. The quantitative estimate of drug-likeness (QED) is 0.889. The number of nitrogens with zero attached hydrogens (tertiary/aromatic N) is 1. The minimum Gasteiger partial charge on any atom is -0.478 e. The Kier molecular flexibility index (Phi) is 4.02. The number of carbonyl (C=O) groups is 1. The summed E-state index contributed by atoms with van der Waals surface area (Å²) in [6, 6.07) is 6.11. The van der Waals surface area contributed by atoms with Crippen LogP contribution < -0.4 is 0 Å². The van der Waals surface area contributed by atoms with Crippen molar-refractivity contribution < 1.29 is 9.90 Å². The second kappa shape index (κ2) is 5.53. The van der Waals surface area contributed by atoms with Gasteiger partial charge in [0, 0.05) is 12.6 Å². The highest BCUT2D eigenvalue weighted by Gasteiger charge is 2.19. The predicted molar refractivity (Wildman–Crippen MR) is 71.9 cm³/mol. The summed E-state index contributed by atoms with van der Waals surface area (Å²) in [6.07, 6.45) is 5.27. The van der Waals surface area contributed by atoms with E-state index in [1.54, 1.807) is 12.1 Å². The van der Waals surface area contributed by atoms with Gasteiger partial charge in [-0.3, -0.25) is 4.90 Å². The normalized spacial score (nSPS) is 16.4. The molecule has 0 saturated heterocycles. The van der Waals surface area contributed by atoms with E-state index in [2.05, 4.69) is 11.9 Å². The third-order valence-electron chi connectivity index (χ3n) is 3.96. The Morgan fingerprint density at radius 1 is 1.39 bits per heavy atom. The van der Waals surface area contributed by atoms with Crippen LogP contribution in [0, 0.1) is 6.92 Å². The Hall–Kier alpha value is -1.35. The Bertz CT molecular complexity index is 436. The van der Waals surface area contributed by atoms with Gasteiger partial charge in [-0.25, -0.2) is 4.79 Å². The first-order chi connectivity index (χ1) is 8.58. The molecule has 0 aromatic heterocycles. The van der Waals surface area contributed by atoms with Gasteiger partial charge >= 0.3 is 5.97 Å². The monoisotopic (exact) mass is 247 g/mol. The molecule has 2 rings (SSSR count). The van der Waals surface area contributed by atoms with Gasteiger partial charge in [0.15, 0.2) is 0 Å². The van der Waals surface area contributed by atoms with Crippen LogP contribution in [0.5, 0.6) is 0 Å². The van der Waals surface area contributed by atoms with Gasteiger partial charge in [-0.2, -0.15) is 0 Å². The summed E-state index contributed by atoms with van der Waals surface area (Å²) in [5.41, 5.74) is 2.67. The molecule has 1 saturated carbocycles. The minimum atomic E-state index is -0.853. The van der Waals surface area contributed by atoms with Gasteiger partial charge in [0.1, 0.15) is 0 Å². The van der Waals surface area contributed by atoms with Crippen LogP contribution in [0.4, 0.5) is 0 Å². The SMILES string of the molecule is Cc1cc(C(=O)O)ccc1CN(C)C1CCCC1. The number of rotatable bonds is 4. The van der Waals surface area contributed by atoms with Crippen molar-refractivity contribution in [3.63, 3.8) is 0 Å². The molecule has 0 bridgehead atoms. The van der Waals surface area contributed by atoms with Crippen molar-refractivity contribution in [1.82, 2.24) is 4.90 Å². The van der Waals surface area contributed by atoms with Crippen LogP contribution >= 0.6 is 0 Å². The molecule has 0 spiro atoms. The Morgan fingerprint density at radius 3 is 2.61 bits per heavy atom. The summed E-state index contributed by atoms with van der Waals surface area (Å²) in [7, 11) is 2.17. The van der Waals surface area contributed by atoms with E-state index >= 15 is 0 Å². The first kappa shape index (κ1) is 13.1. The summed E-state index contributed by atoms with van der Waals surface area (Å²) in [5, 5.41) is 8.94. The molecule has 3 nitrogen and oxygen atoms in total. The molecule has 1 aliphatic rings. The fraction of sp³-hybridized carbons (Fsp3) is 0.533. The van der Waals surface area contributed by atoms with E-state index in [0.29, 0.717) is 11.6 Å². The van der Waals surface area contributed by atoms with Crippen LogP contribution in [0.3, 0.4) is 0 Å². The molecule has 1 fully saturated rings. The maximum absolute atomic E-state index is 10.9. The molecule has 0 unspecified atom stereocenters. The molecular weight excluding hydrogens is 226 g/mol. The third-order valence-corrected chi connectivity index (χ3v) is 3.96. The topological polar surface area (TPSA) is 40.5 Å². The molecule has 18 heavy (non-hydrogen) atoms. The van der Waals surface area contributed by atoms with E-state index in [1.165, 1.54) is 31.2 Å². The first-order valence-electron chi connectivity index (χ1n) is 6.61. The average molecular weight is 247 g/mol. The van der Waals surface area contributed by atoms with Gasteiger partial charge < -0.3 is 5.11 Å². The molecule has 0 amide bonds. The van der Waals surface area contributed by atoms with Crippen LogP contribution in [-0.4, -0.2) is 29.1 Å². The van der Waals surface area contributed by atoms with Crippen LogP contribution in [-0.2, 0) is 6.54 Å². The number of benzene rings is 1. The zero-order valence-corrected chi connectivity index (χ0v) is 11.1. The Balaban J connectivity index is 2.06. The van der Waals surface area contributed by atoms with E-state index in [1.807, 2.05) is 13.0 Å². The molecule has 98 valence electrons. The lowest BCUT2D eigenvalue weighted by atomic mass is 10.0. The number of carboxylic acid groups (broad SMARTS) is 1. The van der Waals surface area contributed by atoms with Crippen molar-refractivity contribution in [3.8, 4) is 0 Å². The zero-order valence-electron chi connectivity index (χ0n) is 11.1. The highest BCUT2D eigenvalue weighted by Crippen LogP contribution is 2.24. The molecular formula is C15H21NO2. The summed E-state index contributed by atoms with van der Waals surface area (Å²) in [6.45, 7) is 2.90. The van der Waals surface area contributed by atoms with Crippen molar-refractivity contribution in [2.45, 2.75) is 45.2 Å². The summed E-state index contributed by atoms with van der Waals surface area (Å²) >= 11 is 0. The molecule has 0 heterocycles. The zero-order chi connectivity index (χ0) is 13.1. The second-order valence-corrected chi connectivity index (χ2v) is 5.30. The van der Waals surface area contributed by atoms with E-state index in [4.69, 9.17) is 5.11 Å². The van der Waals surface area contributed by atoms with Crippen LogP contribution in [0.15, 0.2) is 18.2 Å². The Labute approximate surface area is 108 Å². The number of aromatic carboxylic acids is 1. The van der Waals surface area contributed by atoms with Gasteiger partial charge in [0.05, 0.1) is 5.56 Å². The smallest absolute Gasteiger partial charge is 0.335 e. The molecule has 0 radical (unpaired) electrons. The van der Waals surface area contributed by atoms with Gasteiger partial charge in [0.25, 0.3) is 0 Å². The maximum Gasteiger partial charge on any atom is 0.335 e. The molecule has 0 atom stereocenters. The fourth-order valence-electron chi connectivity index (χ4n) is 2.75. The van der Waals surface area contributed by atoms with Gasteiger partial charge in [0.2, 0.25) is 0 Å². The summed E-state index contributed by atoms with van der Waals surface area (Å²) in [4.78, 5) is 13.3. The molecule has 3 heteroatoms. The number of carboxylic acids is 1. The highest BCUT2D eigenvalue weighted by atomic mass is 16.4. The average Bonchev–Trinajstić information content (AvgIpc) is 2.85. The lowest BCUT2D eigenvalue weighted by Gasteiger charge is -2.24. The third kappa shape index (κ3) is 2.91. The molecule has 1 aliphatic carbocycles. The standard InChI is InChI=1S/C15H21NO2/c1-11-9-12(15(17)18)7-8-13(11)10-16(2)14-5-3-4-6-14/h7-9,14H,3-6,10H2,1-2H3,(H,17,18). The lowest BCUT2D eigenvalue weighted by Crippen LogP contribution is -2.28. The van der Waals surface area contributed by atoms with E-state index < -0.39 is 5.97 Å². The van der Waals surface area contributed by atoms with E-state index in [-0.39, 0.29) is 0 Å². The van der Waals surface area contributed by atoms with Crippen LogP contribution in [0.25, 0.3) is 0 Å². The van der Waals surface area contributed by atoms with Crippen molar-refractivity contribution in [1.29, 1.82) is 0 Å². The van der Waals surface area contributed by atoms with Crippen LogP contribution in [0.2, 0.25) is 0 Å². The first-order valence-corrected chi connectivity index (χ1v) is 6.61. The number of hydrogen-bond acceptors (Lipinski definition) is 2. The predicted octanol–water partition coefficient (Wildman–Crippen LogP) is 3.07. The maximum atomic E-state index is 10.9. The van der Waals surface area contributed by atoms with Crippen LogP contribution in [0.1, 0.15) is 47.2 Å². The molecule has 0 aliphatic heterocycles. The van der Waals surface area contributed by atoms with Gasteiger partial charge in [-0.15, -0.1) is 0 Å². The van der Waals surface area contributed by atoms with Gasteiger partial charge in [-0.05, 0) is 50.1 Å². The minimum absolute atomic E-state index is 0.375. The van der Waals surface area contributed by atoms with Gasteiger partial charge in [-0.1, -0.05) is 18.9 Å². The van der Waals surface area contributed by atoms with Crippen molar-refractivity contribution in [2.24, 2.45) is 0 Å².